The molecule has 0 saturated carbocycles. The Labute approximate surface area is 103 Å². The predicted molar refractivity (Wildman–Crippen MR) is 69.9 cm³/mol. The Kier molecular flexibility index (Phi) is 3.64. The van der Waals surface area contributed by atoms with Crippen LogP contribution >= 0.6 is 0 Å². The molecule has 2 aromatic rings. The molecule has 0 aliphatic rings. The molecule has 1 aromatic heterocycles. The second kappa shape index (κ2) is 5.19. The average molecular weight is 229 g/mol. The molecule has 2 heteroatoms. The Balaban J connectivity index is 2.03. The number of benzene rings is 1. The summed E-state index contributed by atoms with van der Waals surface area (Å²) in [6.07, 6.45) is 1.71. The number of hydrogen-bond donors (Lipinski definition) is 1. The number of hydrogen-bond acceptors (Lipinski definition) is 2. The van der Waals surface area contributed by atoms with Gasteiger partial charge in [-0.3, -0.25) is 0 Å². The average Bonchev–Trinajstić information content (AvgIpc) is 2.81. The molecular weight excluding hydrogens is 210 g/mol. The zero-order chi connectivity index (χ0) is 12.3. The van der Waals surface area contributed by atoms with E-state index in [9.17, 15) is 0 Å². The van der Waals surface area contributed by atoms with Crippen molar-refractivity contribution in [2.45, 2.75) is 33.4 Å². The summed E-state index contributed by atoms with van der Waals surface area (Å²) in [6, 6.07) is 10.6. The van der Waals surface area contributed by atoms with Crippen LogP contribution in [0.25, 0.3) is 0 Å². The van der Waals surface area contributed by atoms with E-state index >= 15 is 0 Å². The van der Waals surface area contributed by atoms with Gasteiger partial charge in [-0.2, -0.15) is 0 Å². The molecule has 1 heterocycles. The van der Waals surface area contributed by atoms with Crippen LogP contribution in [0.5, 0.6) is 0 Å². The minimum Gasteiger partial charge on any atom is -0.468 e. The molecule has 1 aromatic carbocycles. The van der Waals surface area contributed by atoms with E-state index in [0.717, 1.165) is 12.3 Å². The fourth-order valence-corrected chi connectivity index (χ4v) is 2.02. The van der Waals surface area contributed by atoms with Crippen molar-refractivity contribution in [1.29, 1.82) is 0 Å². The van der Waals surface area contributed by atoms with Crippen molar-refractivity contribution in [3.8, 4) is 0 Å². The first-order valence-electron chi connectivity index (χ1n) is 6.00. The molecule has 1 N–H and O–H groups in total. The van der Waals surface area contributed by atoms with E-state index in [1.165, 1.54) is 16.7 Å². The Hall–Kier alpha value is -1.54. The molecule has 0 unspecified atom stereocenters. The van der Waals surface area contributed by atoms with E-state index in [4.69, 9.17) is 4.42 Å². The molecule has 2 rings (SSSR count). The molecule has 0 fully saturated rings. The van der Waals surface area contributed by atoms with E-state index in [1.807, 2.05) is 12.1 Å². The summed E-state index contributed by atoms with van der Waals surface area (Å²) < 4.78 is 5.38. The van der Waals surface area contributed by atoms with Crippen molar-refractivity contribution in [1.82, 2.24) is 5.32 Å². The highest BCUT2D eigenvalue weighted by Gasteiger charge is 2.08. The van der Waals surface area contributed by atoms with E-state index in [1.54, 1.807) is 6.26 Å². The Morgan fingerprint density at radius 2 is 1.82 bits per heavy atom. The zero-order valence-corrected chi connectivity index (χ0v) is 10.7. The Bertz CT molecular complexity index is 453. The summed E-state index contributed by atoms with van der Waals surface area (Å²) in [5, 5.41) is 3.49. The van der Waals surface area contributed by atoms with Crippen molar-refractivity contribution in [3.63, 3.8) is 0 Å². The third-order valence-corrected chi connectivity index (χ3v) is 3.20. The van der Waals surface area contributed by atoms with Crippen LogP contribution in [0, 0.1) is 13.8 Å². The predicted octanol–water partition coefficient (Wildman–Crippen LogP) is 3.75. The normalized spacial score (nSPS) is 12.6. The van der Waals surface area contributed by atoms with Gasteiger partial charge >= 0.3 is 0 Å². The van der Waals surface area contributed by atoms with Crippen LogP contribution < -0.4 is 5.32 Å². The van der Waals surface area contributed by atoms with Crippen molar-refractivity contribution < 1.29 is 4.42 Å². The van der Waals surface area contributed by atoms with Gasteiger partial charge in [-0.25, -0.2) is 0 Å². The summed E-state index contributed by atoms with van der Waals surface area (Å²) >= 11 is 0. The molecule has 0 aliphatic carbocycles. The fourth-order valence-electron chi connectivity index (χ4n) is 2.02. The number of nitrogens with one attached hydrogen (secondary N) is 1. The molecular formula is C15H19NO. The fraction of sp³-hybridized carbons (Fsp3) is 0.333. The standard InChI is InChI=1S/C15H19NO/c1-11-6-4-7-12(2)14(11)10-16-13(3)15-8-5-9-17-15/h4-9,13,16H,10H2,1-3H3/t13-/m0/s1. The van der Waals surface area contributed by atoms with Crippen molar-refractivity contribution in [3.05, 3.63) is 59.0 Å². The third-order valence-electron chi connectivity index (χ3n) is 3.20. The van der Waals surface area contributed by atoms with Crippen LogP contribution in [0.15, 0.2) is 41.0 Å². The van der Waals surface area contributed by atoms with Crippen molar-refractivity contribution in [2.75, 3.05) is 0 Å². The molecule has 0 saturated heterocycles. The lowest BCUT2D eigenvalue weighted by molar-refractivity contribution is 0.429. The molecule has 17 heavy (non-hydrogen) atoms. The molecule has 0 aliphatic heterocycles. The first-order valence-corrected chi connectivity index (χ1v) is 6.00. The molecule has 2 nitrogen and oxygen atoms in total. The van der Waals surface area contributed by atoms with Gasteiger partial charge in [0.15, 0.2) is 0 Å². The van der Waals surface area contributed by atoms with Crippen LogP contribution in [0.2, 0.25) is 0 Å². The summed E-state index contributed by atoms with van der Waals surface area (Å²) in [7, 11) is 0. The lowest BCUT2D eigenvalue weighted by Gasteiger charge is -2.14. The zero-order valence-electron chi connectivity index (χ0n) is 10.7. The van der Waals surface area contributed by atoms with Gasteiger partial charge in [0.05, 0.1) is 12.3 Å². The van der Waals surface area contributed by atoms with Crippen LogP contribution in [0.4, 0.5) is 0 Å². The highest BCUT2D eigenvalue weighted by atomic mass is 16.3. The minimum atomic E-state index is 0.240. The molecule has 0 spiro atoms. The quantitative estimate of drug-likeness (QED) is 0.863. The van der Waals surface area contributed by atoms with Crippen LogP contribution in [0.3, 0.4) is 0 Å². The van der Waals surface area contributed by atoms with Crippen LogP contribution in [-0.4, -0.2) is 0 Å². The molecule has 0 amide bonds. The lowest BCUT2D eigenvalue weighted by Crippen LogP contribution is -2.18. The minimum absolute atomic E-state index is 0.240. The smallest absolute Gasteiger partial charge is 0.120 e. The highest BCUT2D eigenvalue weighted by Crippen LogP contribution is 2.16. The molecule has 90 valence electrons. The summed E-state index contributed by atoms with van der Waals surface area (Å²) in [4.78, 5) is 0. The van der Waals surface area contributed by atoms with Gasteiger partial charge in [-0.1, -0.05) is 18.2 Å². The highest BCUT2D eigenvalue weighted by molar-refractivity contribution is 5.33. The van der Waals surface area contributed by atoms with E-state index < -0.39 is 0 Å². The van der Waals surface area contributed by atoms with Gasteiger partial charge in [0.1, 0.15) is 5.76 Å². The van der Waals surface area contributed by atoms with Crippen LogP contribution in [-0.2, 0) is 6.54 Å². The van der Waals surface area contributed by atoms with Gasteiger partial charge in [-0.15, -0.1) is 0 Å². The summed E-state index contributed by atoms with van der Waals surface area (Å²) in [5.74, 6) is 0.983. The monoisotopic (exact) mass is 229 g/mol. The third kappa shape index (κ3) is 2.77. The van der Waals surface area contributed by atoms with E-state index in [2.05, 4.69) is 44.3 Å². The second-order valence-corrected chi connectivity index (χ2v) is 4.49. The molecule has 1 atom stereocenters. The van der Waals surface area contributed by atoms with E-state index in [0.29, 0.717) is 0 Å². The van der Waals surface area contributed by atoms with Gasteiger partial charge in [0, 0.05) is 6.54 Å². The summed E-state index contributed by atoms with van der Waals surface area (Å²) in [6.45, 7) is 7.30. The van der Waals surface area contributed by atoms with Crippen LogP contribution in [0.1, 0.15) is 35.4 Å². The van der Waals surface area contributed by atoms with Crippen molar-refractivity contribution in [2.24, 2.45) is 0 Å². The summed E-state index contributed by atoms with van der Waals surface area (Å²) in [5.41, 5.74) is 4.05. The Morgan fingerprint density at radius 3 is 2.41 bits per heavy atom. The van der Waals surface area contributed by atoms with Gasteiger partial charge in [0.25, 0.3) is 0 Å². The molecule has 0 radical (unpaired) electrons. The largest absolute Gasteiger partial charge is 0.468 e. The molecule has 0 bridgehead atoms. The topological polar surface area (TPSA) is 25.2 Å². The van der Waals surface area contributed by atoms with Gasteiger partial charge < -0.3 is 9.73 Å². The van der Waals surface area contributed by atoms with Gasteiger partial charge in [0.2, 0.25) is 0 Å². The number of aryl methyl sites for hydroxylation is 2. The Morgan fingerprint density at radius 1 is 1.12 bits per heavy atom. The first-order chi connectivity index (χ1) is 8.18. The first kappa shape index (κ1) is 11.9. The number of furan rings is 1. The maximum atomic E-state index is 5.38. The van der Waals surface area contributed by atoms with E-state index in [-0.39, 0.29) is 6.04 Å². The maximum absolute atomic E-state index is 5.38. The maximum Gasteiger partial charge on any atom is 0.120 e. The SMILES string of the molecule is Cc1cccc(C)c1CN[C@@H](C)c1ccco1. The van der Waals surface area contributed by atoms with Gasteiger partial charge in [-0.05, 0) is 49.6 Å². The second-order valence-electron chi connectivity index (χ2n) is 4.49. The number of rotatable bonds is 4. The lowest BCUT2D eigenvalue weighted by atomic mass is 10.0. The van der Waals surface area contributed by atoms with Crippen molar-refractivity contribution >= 4 is 0 Å².